The van der Waals surface area contributed by atoms with Crippen LogP contribution in [0.4, 0.5) is 5.69 Å². The molecule has 0 fully saturated rings. The number of hydrogen-bond donors (Lipinski definition) is 2. The Kier molecular flexibility index (Phi) is 4.56. The molecule has 3 aromatic rings. The van der Waals surface area contributed by atoms with Gasteiger partial charge in [0.1, 0.15) is 0 Å². The van der Waals surface area contributed by atoms with Gasteiger partial charge in [-0.25, -0.2) is 13.2 Å². The molecule has 134 valence electrons. The minimum absolute atomic E-state index is 0.0535. The van der Waals surface area contributed by atoms with Crippen molar-refractivity contribution in [3.63, 3.8) is 0 Å². The van der Waals surface area contributed by atoms with Gasteiger partial charge in [0.2, 0.25) is 0 Å². The smallest absolute Gasteiger partial charge is 0.335 e. The first-order chi connectivity index (χ1) is 12.3. The Bertz CT molecular complexity index is 1070. The fourth-order valence-corrected chi connectivity index (χ4v) is 4.16. The van der Waals surface area contributed by atoms with Crippen LogP contribution in [0, 0.1) is 6.92 Å². The Balaban J connectivity index is 2.01. The van der Waals surface area contributed by atoms with Crippen molar-refractivity contribution in [2.75, 3.05) is 5.73 Å². The molecule has 3 N–H and O–H groups in total. The summed E-state index contributed by atoms with van der Waals surface area (Å²) in [5.41, 5.74) is 9.32. The van der Waals surface area contributed by atoms with Crippen molar-refractivity contribution in [2.45, 2.75) is 17.6 Å². The van der Waals surface area contributed by atoms with E-state index in [9.17, 15) is 13.2 Å². The second-order valence-corrected chi connectivity index (χ2v) is 7.96. The van der Waals surface area contributed by atoms with Gasteiger partial charge in [-0.05, 0) is 60.0 Å². The average Bonchev–Trinajstić information content (AvgIpc) is 3.11. The number of nitrogens with two attached hydrogens (primary N) is 1. The maximum atomic E-state index is 12.7. The van der Waals surface area contributed by atoms with Crippen LogP contribution in [0.25, 0.3) is 11.1 Å². The van der Waals surface area contributed by atoms with Crippen molar-refractivity contribution < 1.29 is 22.7 Å². The van der Waals surface area contributed by atoms with E-state index in [1.54, 1.807) is 30.7 Å². The lowest BCUT2D eigenvalue weighted by Gasteiger charge is -2.12. The summed E-state index contributed by atoms with van der Waals surface area (Å²) < 4.78 is 30.6. The first kappa shape index (κ1) is 17.8. The number of carboxylic acid groups (broad SMARTS) is 1. The number of carbonyl (C=O) groups is 1. The summed E-state index contributed by atoms with van der Waals surface area (Å²) in [6.07, 6.45) is 3.12. The summed E-state index contributed by atoms with van der Waals surface area (Å²) in [5, 5.41) is 9.06. The summed E-state index contributed by atoms with van der Waals surface area (Å²) in [7, 11) is -3.76. The second-order valence-electron chi connectivity index (χ2n) is 5.97. The van der Waals surface area contributed by atoms with E-state index in [-0.39, 0.29) is 16.2 Å². The van der Waals surface area contributed by atoms with Gasteiger partial charge in [-0.1, -0.05) is 6.07 Å². The molecule has 26 heavy (non-hydrogen) atoms. The van der Waals surface area contributed by atoms with E-state index in [1.165, 1.54) is 18.2 Å². The zero-order valence-electron chi connectivity index (χ0n) is 14.0. The third-order valence-electron chi connectivity index (χ3n) is 4.10. The molecule has 0 saturated carbocycles. The molecule has 1 heterocycles. The summed E-state index contributed by atoms with van der Waals surface area (Å²) in [5.74, 6) is -1.51. The Labute approximate surface area is 150 Å². The van der Waals surface area contributed by atoms with Crippen molar-refractivity contribution in [1.29, 1.82) is 0 Å². The monoisotopic (exact) mass is 371 g/mol. The van der Waals surface area contributed by atoms with E-state index in [0.29, 0.717) is 11.3 Å². The maximum absolute atomic E-state index is 12.7. The molecular formula is C19H17NO5S. The predicted molar refractivity (Wildman–Crippen MR) is 97.6 cm³/mol. The van der Waals surface area contributed by atoms with Crippen molar-refractivity contribution in [3.05, 3.63) is 71.7 Å². The fraction of sp³-hybridized carbons (Fsp3) is 0.105. The van der Waals surface area contributed by atoms with E-state index < -0.39 is 15.8 Å². The molecule has 0 amide bonds. The molecule has 0 saturated heterocycles. The molecule has 0 aliphatic carbocycles. The molecule has 2 aromatic carbocycles. The van der Waals surface area contributed by atoms with Crippen molar-refractivity contribution in [3.8, 4) is 11.1 Å². The minimum Gasteiger partial charge on any atom is -0.478 e. The molecule has 0 spiro atoms. The SMILES string of the molecule is Cc1cc(N)c(CS(=O)(=O)c2cccc(C(=O)O)c2)cc1-c1ccoc1. The number of nitrogen functional groups attached to an aromatic ring is 1. The zero-order chi connectivity index (χ0) is 18.9. The Hall–Kier alpha value is -3.06. The third kappa shape index (κ3) is 3.48. The first-order valence-corrected chi connectivity index (χ1v) is 9.41. The lowest BCUT2D eigenvalue weighted by molar-refractivity contribution is 0.0696. The van der Waals surface area contributed by atoms with Crippen LogP contribution in [0.3, 0.4) is 0 Å². The number of benzene rings is 2. The summed E-state index contributed by atoms with van der Waals surface area (Å²) >= 11 is 0. The van der Waals surface area contributed by atoms with Crippen molar-refractivity contribution in [1.82, 2.24) is 0 Å². The van der Waals surface area contributed by atoms with Gasteiger partial charge in [0.25, 0.3) is 0 Å². The van der Waals surface area contributed by atoms with Crippen LogP contribution in [0.2, 0.25) is 0 Å². The minimum atomic E-state index is -3.76. The molecule has 3 rings (SSSR count). The van der Waals surface area contributed by atoms with Gasteiger partial charge in [0.15, 0.2) is 9.84 Å². The van der Waals surface area contributed by atoms with Gasteiger partial charge < -0.3 is 15.3 Å². The van der Waals surface area contributed by atoms with E-state index in [2.05, 4.69) is 0 Å². The van der Waals surface area contributed by atoms with E-state index >= 15 is 0 Å². The number of anilines is 1. The topological polar surface area (TPSA) is 111 Å². The van der Waals surface area contributed by atoms with E-state index in [0.717, 1.165) is 22.8 Å². The average molecular weight is 371 g/mol. The molecule has 0 bridgehead atoms. The number of furan rings is 1. The largest absolute Gasteiger partial charge is 0.478 e. The first-order valence-electron chi connectivity index (χ1n) is 7.75. The van der Waals surface area contributed by atoms with Crippen LogP contribution in [0.5, 0.6) is 0 Å². The number of rotatable bonds is 5. The molecule has 0 radical (unpaired) electrons. The Morgan fingerprint density at radius 3 is 2.62 bits per heavy atom. The summed E-state index contributed by atoms with van der Waals surface area (Å²) in [6.45, 7) is 1.88. The molecule has 7 heteroatoms. The fourth-order valence-electron chi connectivity index (χ4n) is 2.74. The number of aromatic carboxylic acids is 1. The molecule has 0 unspecified atom stereocenters. The number of hydrogen-bond acceptors (Lipinski definition) is 5. The van der Waals surface area contributed by atoms with Gasteiger partial charge in [0.05, 0.1) is 28.7 Å². The molecule has 0 aliphatic rings. The standard InChI is InChI=1S/C19H17NO5S/c1-12-7-18(20)15(9-17(12)14-5-6-25-10-14)11-26(23,24)16-4-2-3-13(8-16)19(21)22/h2-10H,11,20H2,1H3,(H,21,22). The van der Waals surface area contributed by atoms with Gasteiger partial charge in [-0.15, -0.1) is 0 Å². The van der Waals surface area contributed by atoms with E-state index in [1.807, 2.05) is 6.92 Å². The van der Waals surface area contributed by atoms with Gasteiger partial charge in [0, 0.05) is 11.3 Å². The molecular weight excluding hydrogens is 354 g/mol. The lowest BCUT2D eigenvalue weighted by Crippen LogP contribution is -2.09. The van der Waals surface area contributed by atoms with Crippen LogP contribution in [0.15, 0.2) is 64.3 Å². The molecule has 0 atom stereocenters. The second kappa shape index (κ2) is 6.68. The summed E-state index contributed by atoms with van der Waals surface area (Å²) in [6, 6.07) is 10.5. The van der Waals surface area contributed by atoms with E-state index in [4.69, 9.17) is 15.3 Å². The zero-order valence-corrected chi connectivity index (χ0v) is 14.8. The Morgan fingerprint density at radius 2 is 1.96 bits per heavy atom. The third-order valence-corrected chi connectivity index (χ3v) is 5.77. The normalized spacial score (nSPS) is 11.4. The van der Waals surface area contributed by atoms with Crippen LogP contribution in [0.1, 0.15) is 21.5 Å². The van der Waals surface area contributed by atoms with Gasteiger partial charge in [-0.3, -0.25) is 0 Å². The summed E-state index contributed by atoms with van der Waals surface area (Å²) in [4.78, 5) is 11.0. The van der Waals surface area contributed by atoms with Gasteiger partial charge in [-0.2, -0.15) is 0 Å². The molecule has 1 aromatic heterocycles. The lowest BCUT2D eigenvalue weighted by atomic mass is 9.99. The van der Waals surface area contributed by atoms with Crippen molar-refractivity contribution in [2.24, 2.45) is 0 Å². The predicted octanol–water partition coefficient (Wildman–Crippen LogP) is 3.51. The van der Waals surface area contributed by atoms with Crippen LogP contribution < -0.4 is 5.73 Å². The van der Waals surface area contributed by atoms with Crippen LogP contribution in [-0.2, 0) is 15.6 Å². The number of sulfone groups is 1. The quantitative estimate of drug-likeness (QED) is 0.664. The van der Waals surface area contributed by atoms with Crippen LogP contribution in [-0.4, -0.2) is 19.5 Å². The number of carboxylic acids is 1. The highest BCUT2D eigenvalue weighted by Gasteiger charge is 2.20. The molecule has 6 nitrogen and oxygen atoms in total. The highest BCUT2D eigenvalue weighted by Crippen LogP contribution is 2.30. The Morgan fingerprint density at radius 1 is 1.19 bits per heavy atom. The number of aryl methyl sites for hydroxylation is 1. The molecule has 0 aliphatic heterocycles. The van der Waals surface area contributed by atoms with Gasteiger partial charge >= 0.3 is 5.97 Å². The van der Waals surface area contributed by atoms with Crippen LogP contribution >= 0.6 is 0 Å². The highest BCUT2D eigenvalue weighted by atomic mass is 32.2. The van der Waals surface area contributed by atoms with Crippen molar-refractivity contribution >= 4 is 21.5 Å². The highest BCUT2D eigenvalue weighted by molar-refractivity contribution is 7.90. The maximum Gasteiger partial charge on any atom is 0.335 e.